The molecule has 0 saturated heterocycles. The molecule has 0 aliphatic heterocycles. The van der Waals surface area contributed by atoms with Crippen LogP contribution in [0.5, 0.6) is 0 Å². The Balaban J connectivity index is 2.28. The molecule has 3 rings (SSSR count). The molecule has 0 spiro atoms. The standard InChI is InChI=1S/C20H25N7O4/c1-8(2)7-27-17-13(19(30)24-20(27)31)11(6-12(22-17)9(3)4)18(29)23-14-10(5)25-26-15(14)16(21)28/h6,8-9H,7H2,1-5H3,(H2,21,28)(H,23,29)(H,25,26)(H,24,30,31). The summed E-state index contributed by atoms with van der Waals surface area (Å²) in [5, 5.41) is 9.01. The van der Waals surface area contributed by atoms with Gasteiger partial charge in [-0.15, -0.1) is 0 Å². The van der Waals surface area contributed by atoms with Gasteiger partial charge in [0.2, 0.25) is 0 Å². The van der Waals surface area contributed by atoms with E-state index in [2.05, 4.69) is 25.5 Å². The number of amides is 2. The van der Waals surface area contributed by atoms with Crippen LogP contribution in [-0.4, -0.2) is 36.5 Å². The van der Waals surface area contributed by atoms with Gasteiger partial charge in [0.1, 0.15) is 0 Å². The monoisotopic (exact) mass is 427 g/mol. The summed E-state index contributed by atoms with van der Waals surface area (Å²) in [6.07, 6.45) is 0. The maximum atomic E-state index is 13.2. The van der Waals surface area contributed by atoms with Crippen LogP contribution >= 0.6 is 0 Å². The molecular weight excluding hydrogens is 402 g/mol. The minimum absolute atomic E-state index is 0.0103. The second kappa shape index (κ2) is 8.17. The van der Waals surface area contributed by atoms with Crippen LogP contribution < -0.4 is 22.3 Å². The van der Waals surface area contributed by atoms with Crippen molar-refractivity contribution in [1.82, 2.24) is 24.7 Å². The minimum Gasteiger partial charge on any atom is -0.364 e. The lowest BCUT2D eigenvalue weighted by molar-refractivity contribution is 0.0996. The first-order chi connectivity index (χ1) is 14.5. The maximum Gasteiger partial charge on any atom is 0.330 e. The van der Waals surface area contributed by atoms with E-state index in [0.717, 1.165) is 0 Å². The third-order valence-corrected chi connectivity index (χ3v) is 4.77. The number of nitrogens with zero attached hydrogens (tertiary/aromatic N) is 3. The van der Waals surface area contributed by atoms with Crippen LogP contribution in [0.2, 0.25) is 0 Å². The number of primary amides is 1. The van der Waals surface area contributed by atoms with Gasteiger partial charge < -0.3 is 11.1 Å². The van der Waals surface area contributed by atoms with Crippen molar-refractivity contribution in [2.24, 2.45) is 11.7 Å². The molecule has 11 heteroatoms. The smallest absolute Gasteiger partial charge is 0.330 e. The first kappa shape index (κ1) is 21.9. The van der Waals surface area contributed by atoms with Crippen molar-refractivity contribution in [2.45, 2.75) is 47.1 Å². The zero-order valence-electron chi connectivity index (χ0n) is 18.0. The van der Waals surface area contributed by atoms with Crippen molar-refractivity contribution in [3.8, 4) is 0 Å². The average Bonchev–Trinajstić information content (AvgIpc) is 3.04. The van der Waals surface area contributed by atoms with E-state index in [1.807, 2.05) is 27.7 Å². The summed E-state index contributed by atoms with van der Waals surface area (Å²) in [6, 6.07) is 1.52. The van der Waals surface area contributed by atoms with E-state index in [9.17, 15) is 19.2 Å². The van der Waals surface area contributed by atoms with Crippen LogP contribution in [0.3, 0.4) is 0 Å². The number of hydrogen-bond acceptors (Lipinski definition) is 6. The number of nitrogens with one attached hydrogen (secondary N) is 3. The van der Waals surface area contributed by atoms with Gasteiger partial charge in [-0.05, 0) is 24.8 Å². The number of nitrogens with two attached hydrogens (primary N) is 1. The lowest BCUT2D eigenvalue weighted by Gasteiger charge is -2.16. The fourth-order valence-corrected chi connectivity index (χ4v) is 3.24. The number of rotatable bonds is 6. The third-order valence-electron chi connectivity index (χ3n) is 4.77. The van der Waals surface area contributed by atoms with Crippen molar-refractivity contribution in [3.05, 3.63) is 49.5 Å². The highest BCUT2D eigenvalue weighted by atomic mass is 16.2. The van der Waals surface area contributed by atoms with Gasteiger partial charge in [0.25, 0.3) is 17.4 Å². The van der Waals surface area contributed by atoms with Gasteiger partial charge >= 0.3 is 5.69 Å². The average molecular weight is 427 g/mol. The Morgan fingerprint density at radius 3 is 2.48 bits per heavy atom. The van der Waals surface area contributed by atoms with E-state index in [1.165, 1.54) is 10.6 Å². The molecule has 3 aromatic heterocycles. The highest BCUT2D eigenvalue weighted by molar-refractivity contribution is 6.13. The molecule has 0 saturated carbocycles. The summed E-state index contributed by atoms with van der Waals surface area (Å²) in [6.45, 7) is 9.56. The Bertz CT molecular complexity index is 1300. The Morgan fingerprint density at radius 1 is 1.23 bits per heavy atom. The normalized spacial score (nSPS) is 11.5. The summed E-state index contributed by atoms with van der Waals surface area (Å²) >= 11 is 0. The lowest BCUT2D eigenvalue weighted by atomic mass is 10.0. The molecule has 2 amide bonds. The number of aromatic amines is 2. The second-order valence-electron chi connectivity index (χ2n) is 8.10. The summed E-state index contributed by atoms with van der Waals surface area (Å²) in [7, 11) is 0. The highest BCUT2D eigenvalue weighted by Gasteiger charge is 2.23. The molecule has 0 unspecified atom stereocenters. The molecule has 31 heavy (non-hydrogen) atoms. The van der Waals surface area contributed by atoms with Gasteiger partial charge in [0.05, 0.1) is 22.3 Å². The van der Waals surface area contributed by atoms with Crippen LogP contribution in [0.4, 0.5) is 5.69 Å². The van der Waals surface area contributed by atoms with Crippen LogP contribution in [-0.2, 0) is 6.54 Å². The minimum atomic E-state index is -0.814. The number of carbonyl (C=O) groups is 2. The number of anilines is 1. The number of carbonyl (C=O) groups excluding carboxylic acids is 2. The molecule has 0 atom stereocenters. The van der Waals surface area contributed by atoms with Gasteiger partial charge in [-0.3, -0.25) is 29.0 Å². The molecule has 0 aliphatic carbocycles. The molecule has 0 aliphatic rings. The molecule has 3 aromatic rings. The van der Waals surface area contributed by atoms with Crippen molar-refractivity contribution < 1.29 is 9.59 Å². The third kappa shape index (κ3) is 4.11. The number of aromatic nitrogens is 5. The number of hydrogen-bond donors (Lipinski definition) is 4. The number of H-pyrrole nitrogens is 2. The molecule has 0 aromatic carbocycles. The highest BCUT2D eigenvalue weighted by Crippen LogP contribution is 2.23. The first-order valence-electron chi connectivity index (χ1n) is 9.85. The van der Waals surface area contributed by atoms with E-state index in [1.54, 1.807) is 6.92 Å². The van der Waals surface area contributed by atoms with Crippen molar-refractivity contribution in [1.29, 1.82) is 0 Å². The largest absolute Gasteiger partial charge is 0.364 e. The number of aryl methyl sites for hydroxylation is 1. The second-order valence-corrected chi connectivity index (χ2v) is 8.10. The summed E-state index contributed by atoms with van der Waals surface area (Å²) in [4.78, 5) is 56.8. The van der Waals surface area contributed by atoms with Crippen LogP contribution in [0.25, 0.3) is 11.0 Å². The lowest BCUT2D eigenvalue weighted by Crippen LogP contribution is -2.33. The van der Waals surface area contributed by atoms with Crippen LogP contribution in [0.15, 0.2) is 15.7 Å². The quantitative estimate of drug-likeness (QED) is 0.461. The maximum absolute atomic E-state index is 13.2. The van der Waals surface area contributed by atoms with E-state index in [-0.39, 0.29) is 39.8 Å². The molecule has 3 heterocycles. The number of pyridine rings is 1. The van der Waals surface area contributed by atoms with E-state index in [0.29, 0.717) is 17.9 Å². The molecule has 5 N–H and O–H groups in total. The predicted octanol–water partition coefficient (Wildman–Crippen LogP) is 1.25. The van der Waals surface area contributed by atoms with Crippen molar-refractivity contribution >= 4 is 28.5 Å². The zero-order chi connectivity index (χ0) is 23.0. The topological polar surface area (TPSA) is 169 Å². The Morgan fingerprint density at radius 2 is 1.90 bits per heavy atom. The fraction of sp³-hybridized carbons (Fsp3) is 0.400. The molecule has 11 nitrogen and oxygen atoms in total. The fourth-order valence-electron chi connectivity index (χ4n) is 3.24. The summed E-state index contributed by atoms with van der Waals surface area (Å²) in [5.74, 6) is -1.44. The Kier molecular flexibility index (Phi) is 5.78. The molecule has 164 valence electrons. The first-order valence-corrected chi connectivity index (χ1v) is 9.85. The zero-order valence-corrected chi connectivity index (χ0v) is 18.0. The van der Waals surface area contributed by atoms with E-state index in [4.69, 9.17) is 5.73 Å². The van der Waals surface area contributed by atoms with Gasteiger partial charge in [0, 0.05) is 12.2 Å². The van der Waals surface area contributed by atoms with E-state index >= 15 is 0 Å². The molecule has 0 fully saturated rings. The SMILES string of the molecule is Cc1[nH]nc(C(N)=O)c1NC(=O)c1cc(C(C)C)nc2c1c(=O)[nH]c(=O)n2CC(C)C. The van der Waals surface area contributed by atoms with E-state index < -0.39 is 23.1 Å². The molecule has 0 radical (unpaired) electrons. The Labute approximate surface area is 177 Å². The van der Waals surface area contributed by atoms with Crippen LogP contribution in [0, 0.1) is 12.8 Å². The summed E-state index contributed by atoms with van der Waals surface area (Å²) in [5.41, 5.74) is 5.16. The van der Waals surface area contributed by atoms with Gasteiger partial charge in [-0.1, -0.05) is 27.7 Å². The molecule has 0 bridgehead atoms. The van der Waals surface area contributed by atoms with Gasteiger partial charge in [-0.25, -0.2) is 9.78 Å². The van der Waals surface area contributed by atoms with Crippen molar-refractivity contribution in [2.75, 3.05) is 5.32 Å². The number of fused-ring (bicyclic) bond motifs is 1. The Hall–Kier alpha value is -3.76. The predicted molar refractivity (Wildman–Crippen MR) is 115 cm³/mol. The van der Waals surface area contributed by atoms with Crippen molar-refractivity contribution in [3.63, 3.8) is 0 Å². The van der Waals surface area contributed by atoms with Crippen LogP contribution in [0.1, 0.15) is 65.8 Å². The van der Waals surface area contributed by atoms with Gasteiger partial charge in [-0.2, -0.15) is 5.10 Å². The molecular formula is C20H25N7O4. The van der Waals surface area contributed by atoms with Gasteiger partial charge in [0.15, 0.2) is 11.3 Å². The summed E-state index contributed by atoms with van der Waals surface area (Å²) < 4.78 is 1.36.